The molecule has 2 rings (SSSR count). The number of halogens is 1. The molecule has 0 spiro atoms. The van der Waals surface area contributed by atoms with Crippen molar-refractivity contribution in [3.05, 3.63) is 35.9 Å². The first-order valence-electron chi connectivity index (χ1n) is 6.74. The Morgan fingerprint density at radius 2 is 2.16 bits per heavy atom. The van der Waals surface area contributed by atoms with Gasteiger partial charge < -0.3 is 10.1 Å². The average molecular weight is 326 g/mol. The average Bonchev–Trinajstić information content (AvgIpc) is 2.86. The third-order valence-corrected chi connectivity index (χ3v) is 4.16. The second-order valence-electron chi connectivity index (χ2n) is 5.06. The highest BCUT2D eigenvalue weighted by Gasteiger charge is 2.29. The van der Waals surface area contributed by atoms with Crippen molar-refractivity contribution < 1.29 is 9.53 Å². The minimum atomic E-state index is -0.271. The van der Waals surface area contributed by atoms with Crippen LogP contribution in [-0.4, -0.2) is 29.5 Å². The van der Waals surface area contributed by atoms with E-state index >= 15 is 0 Å². The van der Waals surface area contributed by atoms with Crippen molar-refractivity contribution in [3.63, 3.8) is 0 Å². The fraction of sp³-hybridized carbons (Fsp3) is 0.533. The Bertz CT molecular complexity index is 410. The summed E-state index contributed by atoms with van der Waals surface area (Å²) in [5.41, 5.74) is 1.23. The molecule has 1 saturated heterocycles. The van der Waals surface area contributed by atoms with Gasteiger partial charge in [0, 0.05) is 11.4 Å². The van der Waals surface area contributed by atoms with E-state index in [-0.39, 0.29) is 24.2 Å². The van der Waals surface area contributed by atoms with E-state index in [1.807, 2.05) is 25.1 Å². The number of rotatable bonds is 5. The molecule has 1 amide bonds. The molecule has 1 fully saturated rings. The van der Waals surface area contributed by atoms with Crippen LogP contribution in [-0.2, 0) is 16.0 Å². The highest BCUT2D eigenvalue weighted by molar-refractivity contribution is 9.09. The van der Waals surface area contributed by atoms with Crippen LogP contribution in [0.1, 0.15) is 25.3 Å². The van der Waals surface area contributed by atoms with Gasteiger partial charge in [-0.1, -0.05) is 46.3 Å². The molecule has 3 unspecified atom stereocenters. The van der Waals surface area contributed by atoms with Gasteiger partial charge >= 0.3 is 0 Å². The topological polar surface area (TPSA) is 38.3 Å². The van der Waals surface area contributed by atoms with Gasteiger partial charge in [0.05, 0.1) is 6.10 Å². The van der Waals surface area contributed by atoms with Crippen molar-refractivity contribution in [1.82, 2.24) is 5.32 Å². The maximum atomic E-state index is 12.1. The van der Waals surface area contributed by atoms with Crippen LogP contribution in [0.15, 0.2) is 30.3 Å². The fourth-order valence-corrected chi connectivity index (χ4v) is 2.72. The standard InChI is InChI=1S/C15H20BrNO2/c1-11-7-8-14(19-11)15(18)17-13(10-16)9-12-5-3-2-4-6-12/h2-6,11,13-14H,7-10H2,1H3,(H,17,18). The zero-order valence-corrected chi connectivity index (χ0v) is 12.7. The van der Waals surface area contributed by atoms with Crippen LogP contribution in [0.4, 0.5) is 0 Å². The van der Waals surface area contributed by atoms with Crippen molar-refractivity contribution in [3.8, 4) is 0 Å². The van der Waals surface area contributed by atoms with Gasteiger partial charge in [0.25, 0.3) is 0 Å². The molecule has 1 aromatic rings. The van der Waals surface area contributed by atoms with Crippen LogP contribution >= 0.6 is 15.9 Å². The van der Waals surface area contributed by atoms with Gasteiger partial charge in [-0.25, -0.2) is 0 Å². The van der Waals surface area contributed by atoms with Gasteiger partial charge in [-0.2, -0.15) is 0 Å². The monoisotopic (exact) mass is 325 g/mol. The Hall–Kier alpha value is -0.870. The van der Waals surface area contributed by atoms with Gasteiger partial charge in [-0.05, 0) is 31.7 Å². The molecule has 1 aliphatic rings. The van der Waals surface area contributed by atoms with Crippen LogP contribution < -0.4 is 5.32 Å². The molecule has 19 heavy (non-hydrogen) atoms. The normalized spacial score (nSPS) is 24.1. The number of hydrogen-bond donors (Lipinski definition) is 1. The lowest BCUT2D eigenvalue weighted by atomic mass is 10.1. The van der Waals surface area contributed by atoms with Gasteiger partial charge in [0.1, 0.15) is 6.10 Å². The maximum absolute atomic E-state index is 12.1. The van der Waals surface area contributed by atoms with Crippen molar-refractivity contribution in [1.29, 1.82) is 0 Å². The number of alkyl halides is 1. The molecule has 0 aromatic heterocycles. The first-order valence-corrected chi connectivity index (χ1v) is 7.87. The summed E-state index contributed by atoms with van der Waals surface area (Å²) in [6.07, 6.45) is 2.56. The molecule has 0 bridgehead atoms. The minimum absolute atomic E-state index is 0.0183. The highest BCUT2D eigenvalue weighted by Crippen LogP contribution is 2.19. The molecule has 104 valence electrons. The largest absolute Gasteiger partial charge is 0.365 e. The van der Waals surface area contributed by atoms with E-state index in [4.69, 9.17) is 4.74 Å². The van der Waals surface area contributed by atoms with E-state index in [2.05, 4.69) is 33.4 Å². The minimum Gasteiger partial charge on any atom is -0.365 e. The van der Waals surface area contributed by atoms with Crippen molar-refractivity contribution in [2.75, 3.05) is 5.33 Å². The number of carbonyl (C=O) groups excluding carboxylic acids is 1. The van der Waals surface area contributed by atoms with E-state index in [0.29, 0.717) is 0 Å². The Morgan fingerprint density at radius 3 is 2.74 bits per heavy atom. The third-order valence-electron chi connectivity index (χ3n) is 3.38. The Balaban J connectivity index is 1.87. The summed E-state index contributed by atoms with van der Waals surface area (Å²) in [5.74, 6) is 0.0183. The van der Waals surface area contributed by atoms with Crippen LogP contribution in [0.2, 0.25) is 0 Å². The number of nitrogens with one attached hydrogen (secondary N) is 1. The van der Waals surface area contributed by atoms with E-state index in [1.54, 1.807) is 0 Å². The molecule has 1 aliphatic heterocycles. The summed E-state index contributed by atoms with van der Waals surface area (Å²) < 4.78 is 5.59. The number of carbonyl (C=O) groups is 1. The molecule has 1 aromatic carbocycles. The van der Waals surface area contributed by atoms with E-state index in [0.717, 1.165) is 24.6 Å². The number of amides is 1. The van der Waals surface area contributed by atoms with Crippen molar-refractivity contribution in [2.24, 2.45) is 0 Å². The summed E-state index contributed by atoms with van der Waals surface area (Å²) in [7, 11) is 0. The van der Waals surface area contributed by atoms with Crippen molar-refractivity contribution >= 4 is 21.8 Å². The Kier molecular flexibility index (Phi) is 5.40. The van der Waals surface area contributed by atoms with E-state index < -0.39 is 0 Å². The number of benzene rings is 1. The second-order valence-corrected chi connectivity index (χ2v) is 5.71. The molecular formula is C15H20BrNO2. The number of hydrogen-bond acceptors (Lipinski definition) is 2. The first-order chi connectivity index (χ1) is 9.19. The number of ether oxygens (including phenoxy) is 1. The zero-order chi connectivity index (χ0) is 13.7. The lowest BCUT2D eigenvalue weighted by Gasteiger charge is -2.19. The molecule has 3 nitrogen and oxygen atoms in total. The van der Waals surface area contributed by atoms with Gasteiger partial charge in [-0.15, -0.1) is 0 Å². The van der Waals surface area contributed by atoms with Gasteiger partial charge in [0.2, 0.25) is 5.91 Å². The summed E-state index contributed by atoms with van der Waals surface area (Å²) in [6.45, 7) is 2.01. The van der Waals surface area contributed by atoms with Gasteiger partial charge in [-0.3, -0.25) is 4.79 Å². The molecule has 3 atom stereocenters. The van der Waals surface area contributed by atoms with E-state index in [9.17, 15) is 4.79 Å². The van der Waals surface area contributed by atoms with Crippen LogP contribution in [0.25, 0.3) is 0 Å². The molecule has 0 aliphatic carbocycles. The second kappa shape index (κ2) is 7.06. The lowest BCUT2D eigenvalue weighted by Crippen LogP contribution is -2.43. The lowest BCUT2D eigenvalue weighted by molar-refractivity contribution is -0.132. The smallest absolute Gasteiger partial charge is 0.249 e. The van der Waals surface area contributed by atoms with Crippen LogP contribution in [0, 0.1) is 0 Å². The summed E-state index contributed by atoms with van der Waals surface area (Å²) in [6, 6.07) is 10.3. The fourth-order valence-electron chi connectivity index (χ4n) is 2.33. The highest BCUT2D eigenvalue weighted by atomic mass is 79.9. The molecule has 0 saturated carbocycles. The molecule has 1 heterocycles. The summed E-state index contributed by atoms with van der Waals surface area (Å²) in [5, 5.41) is 3.81. The molecule has 0 radical (unpaired) electrons. The third kappa shape index (κ3) is 4.32. The zero-order valence-electron chi connectivity index (χ0n) is 11.1. The molecule has 1 N–H and O–H groups in total. The maximum Gasteiger partial charge on any atom is 0.249 e. The summed E-state index contributed by atoms with van der Waals surface area (Å²) in [4.78, 5) is 12.1. The SMILES string of the molecule is CC1CCC(C(=O)NC(CBr)Cc2ccccc2)O1. The predicted molar refractivity (Wildman–Crippen MR) is 79.4 cm³/mol. The predicted octanol–water partition coefficient (Wildman–Crippen LogP) is 2.68. The summed E-state index contributed by atoms with van der Waals surface area (Å²) >= 11 is 3.47. The molecular weight excluding hydrogens is 306 g/mol. The van der Waals surface area contributed by atoms with Crippen molar-refractivity contribution in [2.45, 2.75) is 44.4 Å². The first kappa shape index (κ1) is 14.5. The Labute approximate surface area is 122 Å². The van der Waals surface area contributed by atoms with Crippen LogP contribution in [0.3, 0.4) is 0 Å². The molecule has 4 heteroatoms. The quantitative estimate of drug-likeness (QED) is 0.845. The van der Waals surface area contributed by atoms with Crippen LogP contribution in [0.5, 0.6) is 0 Å². The van der Waals surface area contributed by atoms with E-state index in [1.165, 1.54) is 5.56 Å². The van der Waals surface area contributed by atoms with Gasteiger partial charge in [0.15, 0.2) is 0 Å². The Morgan fingerprint density at radius 1 is 1.42 bits per heavy atom.